The molecular formula is C13H26N2. The molecule has 2 atom stereocenters. The molecule has 2 heteroatoms. The second-order valence-electron chi connectivity index (χ2n) is 6.66. The molecule has 2 fully saturated rings. The average Bonchev–Trinajstić information content (AvgIpc) is 2.33. The van der Waals surface area contributed by atoms with E-state index in [-0.39, 0.29) is 0 Å². The van der Waals surface area contributed by atoms with Crippen molar-refractivity contribution in [3.8, 4) is 0 Å². The zero-order chi connectivity index (χ0) is 11.1. The normalized spacial score (nSPS) is 37.2. The molecule has 0 aliphatic carbocycles. The maximum atomic E-state index is 6.07. The van der Waals surface area contributed by atoms with Crippen LogP contribution in [0.4, 0.5) is 0 Å². The van der Waals surface area contributed by atoms with Crippen molar-refractivity contribution in [2.75, 3.05) is 6.54 Å². The van der Waals surface area contributed by atoms with E-state index >= 15 is 0 Å². The Bertz CT molecular complexity index is 205. The lowest BCUT2D eigenvalue weighted by Crippen LogP contribution is -2.48. The molecule has 15 heavy (non-hydrogen) atoms. The zero-order valence-corrected chi connectivity index (χ0v) is 10.5. The van der Waals surface area contributed by atoms with Crippen LogP contribution in [-0.2, 0) is 0 Å². The van der Waals surface area contributed by atoms with Crippen molar-refractivity contribution in [3.05, 3.63) is 0 Å². The molecule has 2 saturated heterocycles. The summed E-state index contributed by atoms with van der Waals surface area (Å²) in [5, 5.41) is 0. The first-order chi connectivity index (χ1) is 6.96. The van der Waals surface area contributed by atoms with Gasteiger partial charge in [0, 0.05) is 18.1 Å². The molecule has 2 bridgehead atoms. The minimum Gasteiger partial charge on any atom is -0.328 e. The summed E-state index contributed by atoms with van der Waals surface area (Å²) in [6.45, 7) is 8.30. The van der Waals surface area contributed by atoms with E-state index in [2.05, 4.69) is 25.7 Å². The predicted octanol–water partition coefficient (Wildman–Crippen LogP) is 2.38. The summed E-state index contributed by atoms with van der Waals surface area (Å²) >= 11 is 0. The standard InChI is InChI=1S/C13H26N2/c1-13(2,3)6-7-15-11-4-5-12(15)9-10(14)8-11/h10-12H,4-9,14H2,1-3H3. The number of piperidine rings is 1. The van der Waals surface area contributed by atoms with Gasteiger partial charge in [-0.05, 0) is 44.1 Å². The first kappa shape index (κ1) is 11.4. The van der Waals surface area contributed by atoms with Crippen molar-refractivity contribution in [2.45, 2.75) is 71.0 Å². The van der Waals surface area contributed by atoms with E-state index in [1.54, 1.807) is 0 Å². The van der Waals surface area contributed by atoms with Crippen molar-refractivity contribution < 1.29 is 0 Å². The number of fused-ring (bicyclic) bond motifs is 2. The molecule has 2 rings (SSSR count). The monoisotopic (exact) mass is 210 g/mol. The van der Waals surface area contributed by atoms with E-state index in [9.17, 15) is 0 Å². The summed E-state index contributed by atoms with van der Waals surface area (Å²) in [6.07, 6.45) is 6.57. The Labute approximate surface area is 94.2 Å². The molecule has 0 aromatic heterocycles. The van der Waals surface area contributed by atoms with Gasteiger partial charge >= 0.3 is 0 Å². The fraction of sp³-hybridized carbons (Fsp3) is 1.00. The number of rotatable bonds is 2. The smallest absolute Gasteiger partial charge is 0.0113 e. The van der Waals surface area contributed by atoms with Crippen LogP contribution < -0.4 is 5.73 Å². The van der Waals surface area contributed by atoms with Crippen LogP contribution >= 0.6 is 0 Å². The van der Waals surface area contributed by atoms with E-state index in [4.69, 9.17) is 5.73 Å². The van der Waals surface area contributed by atoms with Crippen LogP contribution in [0.1, 0.15) is 52.9 Å². The summed E-state index contributed by atoms with van der Waals surface area (Å²) in [5.74, 6) is 0. The van der Waals surface area contributed by atoms with E-state index in [0.717, 1.165) is 12.1 Å². The van der Waals surface area contributed by atoms with Gasteiger partial charge in [-0.1, -0.05) is 20.8 Å². The molecule has 0 amide bonds. The Kier molecular flexibility index (Phi) is 3.09. The molecular weight excluding hydrogens is 184 g/mol. The minimum absolute atomic E-state index is 0.471. The van der Waals surface area contributed by atoms with Crippen molar-refractivity contribution in [1.29, 1.82) is 0 Å². The molecule has 2 N–H and O–H groups in total. The van der Waals surface area contributed by atoms with Crippen LogP contribution in [0.15, 0.2) is 0 Å². The summed E-state index contributed by atoms with van der Waals surface area (Å²) in [6, 6.07) is 2.09. The topological polar surface area (TPSA) is 29.3 Å². The van der Waals surface area contributed by atoms with Crippen LogP contribution in [0.5, 0.6) is 0 Å². The van der Waals surface area contributed by atoms with Crippen molar-refractivity contribution in [2.24, 2.45) is 11.1 Å². The van der Waals surface area contributed by atoms with Crippen molar-refractivity contribution in [3.63, 3.8) is 0 Å². The fourth-order valence-electron chi connectivity index (χ4n) is 3.15. The van der Waals surface area contributed by atoms with Gasteiger partial charge in [-0.3, -0.25) is 4.90 Å². The third kappa shape index (κ3) is 2.73. The largest absolute Gasteiger partial charge is 0.328 e. The van der Waals surface area contributed by atoms with E-state index < -0.39 is 0 Å². The Morgan fingerprint density at radius 2 is 1.67 bits per heavy atom. The number of nitrogens with zero attached hydrogens (tertiary/aromatic N) is 1. The number of nitrogens with two attached hydrogens (primary N) is 1. The van der Waals surface area contributed by atoms with Gasteiger partial charge in [0.1, 0.15) is 0 Å². The van der Waals surface area contributed by atoms with Gasteiger partial charge in [0.25, 0.3) is 0 Å². The molecule has 0 aromatic rings. The van der Waals surface area contributed by atoms with Gasteiger partial charge in [0.2, 0.25) is 0 Å². The maximum absolute atomic E-state index is 6.07. The number of hydrogen-bond acceptors (Lipinski definition) is 2. The lowest BCUT2D eigenvalue weighted by Gasteiger charge is -2.39. The Morgan fingerprint density at radius 3 is 2.13 bits per heavy atom. The molecule has 0 saturated carbocycles. The predicted molar refractivity (Wildman–Crippen MR) is 64.8 cm³/mol. The molecule has 2 heterocycles. The molecule has 88 valence electrons. The summed E-state index contributed by atoms with van der Waals surface area (Å²) < 4.78 is 0. The zero-order valence-electron chi connectivity index (χ0n) is 10.5. The first-order valence-electron chi connectivity index (χ1n) is 6.47. The Balaban J connectivity index is 1.89. The van der Waals surface area contributed by atoms with E-state index in [1.165, 1.54) is 38.6 Å². The minimum atomic E-state index is 0.471. The molecule has 2 aliphatic rings. The lowest BCUT2D eigenvalue weighted by molar-refractivity contribution is 0.112. The third-order valence-electron chi connectivity index (χ3n) is 4.04. The van der Waals surface area contributed by atoms with Crippen LogP contribution in [-0.4, -0.2) is 29.6 Å². The summed E-state index contributed by atoms with van der Waals surface area (Å²) in [4.78, 5) is 2.74. The molecule has 2 nitrogen and oxygen atoms in total. The molecule has 0 radical (unpaired) electrons. The van der Waals surface area contributed by atoms with Crippen LogP contribution in [0.2, 0.25) is 0 Å². The van der Waals surface area contributed by atoms with E-state index in [0.29, 0.717) is 11.5 Å². The van der Waals surface area contributed by atoms with Crippen LogP contribution in [0.3, 0.4) is 0 Å². The highest BCUT2D eigenvalue weighted by Gasteiger charge is 2.39. The molecule has 2 aliphatic heterocycles. The van der Waals surface area contributed by atoms with Crippen molar-refractivity contribution in [1.82, 2.24) is 4.90 Å². The van der Waals surface area contributed by atoms with Gasteiger partial charge in [-0.15, -0.1) is 0 Å². The number of hydrogen-bond donors (Lipinski definition) is 1. The summed E-state index contributed by atoms with van der Waals surface area (Å²) in [5.41, 5.74) is 6.54. The van der Waals surface area contributed by atoms with Gasteiger partial charge in [0.15, 0.2) is 0 Å². The van der Waals surface area contributed by atoms with Gasteiger partial charge in [0.05, 0.1) is 0 Å². The average molecular weight is 210 g/mol. The third-order valence-corrected chi connectivity index (χ3v) is 4.04. The Morgan fingerprint density at radius 1 is 1.13 bits per heavy atom. The molecule has 0 aromatic carbocycles. The van der Waals surface area contributed by atoms with Crippen LogP contribution in [0, 0.1) is 5.41 Å². The highest BCUT2D eigenvalue weighted by atomic mass is 15.2. The maximum Gasteiger partial charge on any atom is 0.0113 e. The first-order valence-corrected chi connectivity index (χ1v) is 6.47. The second kappa shape index (κ2) is 4.06. The highest BCUT2D eigenvalue weighted by Crippen LogP contribution is 2.36. The Hall–Kier alpha value is -0.0800. The molecule has 2 unspecified atom stereocenters. The second-order valence-corrected chi connectivity index (χ2v) is 6.66. The summed E-state index contributed by atoms with van der Waals surface area (Å²) in [7, 11) is 0. The lowest BCUT2D eigenvalue weighted by atomic mass is 9.90. The fourth-order valence-corrected chi connectivity index (χ4v) is 3.15. The van der Waals surface area contributed by atoms with Crippen molar-refractivity contribution >= 4 is 0 Å². The van der Waals surface area contributed by atoms with Crippen LogP contribution in [0.25, 0.3) is 0 Å². The SMILES string of the molecule is CC(C)(C)CCN1C2CCC1CC(N)C2. The van der Waals surface area contributed by atoms with Gasteiger partial charge in [-0.25, -0.2) is 0 Å². The highest BCUT2D eigenvalue weighted by molar-refractivity contribution is 4.96. The van der Waals surface area contributed by atoms with E-state index in [1.807, 2.05) is 0 Å². The molecule has 0 spiro atoms. The van der Waals surface area contributed by atoms with Gasteiger partial charge < -0.3 is 5.73 Å². The quantitative estimate of drug-likeness (QED) is 0.758. The van der Waals surface area contributed by atoms with Gasteiger partial charge in [-0.2, -0.15) is 0 Å².